The number of carbonyl (C=O) groups excluding carboxylic acids is 4. The second-order valence-electron chi connectivity index (χ2n) is 7.82. The highest BCUT2D eigenvalue weighted by molar-refractivity contribution is 5.96. The van der Waals surface area contributed by atoms with Crippen molar-refractivity contribution in [2.75, 3.05) is 39.8 Å². The standard InChI is InChI=1S/C21H29N5O5/c1-14(21(30)31-2)24-18(27)17-13-25(19(28)16-4-3-7-23-12-16)10-11-26(17)20(29)15-5-8-22-9-6-15/h3-4,7,12,14-15,17,22H,5-6,8-11,13H2,1-2H3,(H,24,27). The molecule has 0 aliphatic carbocycles. The van der Waals surface area contributed by atoms with Crippen molar-refractivity contribution in [3.63, 3.8) is 0 Å². The van der Waals surface area contributed by atoms with Crippen LogP contribution in [-0.2, 0) is 19.1 Å². The number of methoxy groups -OCH3 is 1. The third kappa shape index (κ3) is 5.38. The summed E-state index contributed by atoms with van der Waals surface area (Å²) in [4.78, 5) is 58.0. The van der Waals surface area contributed by atoms with Gasteiger partial charge in [0.2, 0.25) is 11.8 Å². The predicted octanol–water partition coefficient (Wildman–Crippen LogP) is -0.588. The van der Waals surface area contributed by atoms with Crippen LogP contribution in [0.15, 0.2) is 24.5 Å². The molecule has 168 valence electrons. The van der Waals surface area contributed by atoms with E-state index in [1.165, 1.54) is 20.2 Å². The second kappa shape index (κ2) is 10.3. The zero-order chi connectivity index (χ0) is 22.4. The fraction of sp³-hybridized carbons (Fsp3) is 0.571. The van der Waals surface area contributed by atoms with E-state index in [0.717, 1.165) is 13.1 Å². The van der Waals surface area contributed by atoms with Gasteiger partial charge in [-0.15, -0.1) is 0 Å². The molecule has 2 N–H and O–H groups in total. The van der Waals surface area contributed by atoms with Gasteiger partial charge < -0.3 is 25.2 Å². The number of aromatic nitrogens is 1. The number of hydrogen-bond donors (Lipinski definition) is 2. The summed E-state index contributed by atoms with van der Waals surface area (Å²) in [5.74, 6) is -1.55. The molecule has 2 unspecified atom stereocenters. The van der Waals surface area contributed by atoms with Gasteiger partial charge in [-0.2, -0.15) is 0 Å². The van der Waals surface area contributed by atoms with E-state index < -0.39 is 24.0 Å². The number of hydrogen-bond acceptors (Lipinski definition) is 7. The number of esters is 1. The molecule has 2 atom stereocenters. The summed E-state index contributed by atoms with van der Waals surface area (Å²) in [6.45, 7) is 3.65. The van der Waals surface area contributed by atoms with Crippen molar-refractivity contribution in [3.8, 4) is 0 Å². The Bertz CT molecular complexity index is 812. The minimum absolute atomic E-state index is 0.0458. The predicted molar refractivity (Wildman–Crippen MR) is 111 cm³/mol. The number of carbonyl (C=O) groups is 4. The molecule has 0 bridgehead atoms. The number of nitrogens with one attached hydrogen (secondary N) is 2. The molecule has 3 amide bonds. The molecule has 0 saturated carbocycles. The maximum absolute atomic E-state index is 13.2. The summed E-state index contributed by atoms with van der Waals surface area (Å²) in [5.41, 5.74) is 0.419. The SMILES string of the molecule is COC(=O)C(C)NC(=O)C1CN(C(=O)c2cccnc2)CCN1C(=O)C1CCNCC1. The third-order valence-corrected chi connectivity index (χ3v) is 5.76. The molecule has 1 aromatic heterocycles. The summed E-state index contributed by atoms with van der Waals surface area (Å²) in [6.07, 6.45) is 4.47. The molecule has 2 aliphatic heterocycles. The van der Waals surface area contributed by atoms with E-state index in [1.807, 2.05) is 0 Å². The number of nitrogens with zero attached hydrogens (tertiary/aromatic N) is 3. The highest BCUT2D eigenvalue weighted by Gasteiger charge is 2.40. The largest absolute Gasteiger partial charge is 0.467 e. The van der Waals surface area contributed by atoms with Gasteiger partial charge in [-0.05, 0) is 45.0 Å². The summed E-state index contributed by atoms with van der Waals surface area (Å²) in [5, 5.41) is 5.85. The lowest BCUT2D eigenvalue weighted by molar-refractivity contribution is -0.149. The summed E-state index contributed by atoms with van der Waals surface area (Å²) in [7, 11) is 1.24. The van der Waals surface area contributed by atoms with Crippen molar-refractivity contribution in [1.82, 2.24) is 25.4 Å². The molecule has 0 spiro atoms. The van der Waals surface area contributed by atoms with Gasteiger partial charge in [0.1, 0.15) is 12.1 Å². The van der Waals surface area contributed by atoms with Crippen LogP contribution in [-0.4, -0.2) is 90.4 Å². The molecular weight excluding hydrogens is 402 g/mol. The number of rotatable bonds is 5. The average Bonchev–Trinajstić information content (AvgIpc) is 2.83. The lowest BCUT2D eigenvalue weighted by atomic mass is 9.95. The number of pyridine rings is 1. The van der Waals surface area contributed by atoms with Gasteiger partial charge in [0.15, 0.2) is 0 Å². The van der Waals surface area contributed by atoms with Crippen LogP contribution in [0.2, 0.25) is 0 Å². The van der Waals surface area contributed by atoms with Gasteiger partial charge in [-0.1, -0.05) is 0 Å². The fourth-order valence-corrected chi connectivity index (χ4v) is 3.98. The summed E-state index contributed by atoms with van der Waals surface area (Å²) >= 11 is 0. The average molecular weight is 431 g/mol. The Kier molecular flexibility index (Phi) is 7.56. The van der Waals surface area contributed by atoms with E-state index in [9.17, 15) is 19.2 Å². The number of piperazine rings is 1. The minimum atomic E-state index is -0.885. The third-order valence-electron chi connectivity index (χ3n) is 5.76. The van der Waals surface area contributed by atoms with Crippen molar-refractivity contribution < 1.29 is 23.9 Å². The minimum Gasteiger partial charge on any atom is -0.467 e. The first-order valence-electron chi connectivity index (χ1n) is 10.5. The second-order valence-corrected chi connectivity index (χ2v) is 7.82. The molecule has 10 nitrogen and oxygen atoms in total. The van der Waals surface area contributed by atoms with Crippen molar-refractivity contribution in [2.24, 2.45) is 5.92 Å². The topological polar surface area (TPSA) is 121 Å². The van der Waals surface area contributed by atoms with E-state index in [4.69, 9.17) is 0 Å². The Morgan fingerprint density at radius 3 is 2.61 bits per heavy atom. The highest BCUT2D eigenvalue weighted by Crippen LogP contribution is 2.21. The molecule has 31 heavy (non-hydrogen) atoms. The van der Waals surface area contributed by atoms with Crippen LogP contribution in [0.1, 0.15) is 30.1 Å². The van der Waals surface area contributed by atoms with E-state index in [-0.39, 0.29) is 30.8 Å². The quantitative estimate of drug-likeness (QED) is 0.598. The van der Waals surface area contributed by atoms with Gasteiger partial charge in [0, 0.05) is 31.4 Å². The molecule has 3 rings (SSSR count). The number of ether oxygens (including phenoxy) is 1. The van der Waals surface area contributed by atoms with Crippen molar-refractivity contribution >= 4 is 23.7 Å². The first-order valence-corrected chi connectivity index (χ1v) is 10.5. The fourth-order valence-electron chi connectivity index (χ4n) is 3.98. The first kappa shape index (κ1) is 22.7. The Morgan fingerprint density at radius 2 is 1.97 bits per heavy atom. The van der Waals surface area contributed by atoms with Gasteiger partial charge in [0.05, 0.1) is 19.2 Å². The van der Waals surface area contributed by atoms with Crippen LogP contribution < -0.4 is 10.6 Å². The molecule has 1 aromatic rings. The van der Waals surface area contributed by atoms with Gasteiger partial charge >= 0.3 is 5.97 Å². The molecule has 2 aliphatic rings. The Labute approximate surface area is 181 Å². The molecule has 2 saturated heterocycles. The first-order chi connectivity index (χ1) is 14.9. The lowest BCUT2D eigenvalue weighted by Crippen LogP contribution is -2.63. The lowest BCUT2D eigenvalue weighted by Gasteiger charge is -2.42. The van der Waals surface area contributed by atoms with Crippen molar-refractivity contribution in [2.45, 2.75) is 31.8 Å². The molecule has 2 fully saturated rings. The van der Waals surface area contributed by atoms with Crippen LogP contribution in [0.4, 0.5) is 0 Å². The zero-order valence-corrected chi connectivity index (χ0v) is 17.9. The van der Waals surface area contributed by atoms with Crippen LogP contribution in [0.3, 0.4) is 0 Å². The van der Waals surface area contributed by atoms with Gasteiger partial charge in [-0.3, -0.25) is 19.4 Å². The molecule has 10 heteroatoms. The monoisotopic (exact) mass is 431 g/mol. The maximum Gasteiger partial charge on any atom is 0.328 e. The molecule has 3 heterocycles. The number of piperidine rings is 1. The number of amides is 3. The Balaban J connectivity index is 1.78. The van der Waals surface area contributed by atoms with Crippen molar-refractivity contribution in [1.29, 1.82) is 0 Å². The molecule has 0 radical (unpaired) electrons. The van der Waals surface area contributed by atoms with Crippen LogP contribution >= 0.6 is 0 Å². The van der Waals surface area contributed by atoms with Crippen LogP contribution in [0, 0.1) is 5.92 Å². The Hall–Kier alpha value is -3.01. The van der Waals surface area contributed by atoms with Crippen molar-refractivity contribution in [3.05, 3.63) is 30.1 Å². The maximum atomic E-state index is 13.2. The summed E-state index contributed by atoms with van der Waals surface area (Å²) in [6, 6.07) is 1.59. The van der Waals surface area contributed by atoms with E-state index in [0.29, 0.717) is 24.9 Å². The van der Waals surface area contributed by atoms with Gasteiger partial charge in [0.25, 0.3) is 5.91 Å². The Morgan fingerprint density at radius 1 is 1.23 bits per heavy atom. The zero-order valence-electron chi connectivity index (χ0n) is 17.9. The highest BCUT2D eigenvalue weighted by atomic mass is 16.5. The van der Waals surface area contributed by atoms with Gasteiger partial charge in [-0.25, -0.2) is 4.79 Å². The molecular formula is C21H29N5O5. The van der Waals surface area contributed by atoms with E-state index >= 15 is 0 Å². The molecule has 0 aromatic carbocycles. The van der Waals surface area contributed by atoms with E-state index in [2.05, 4.69) is 20.4 Å². The van der Waals surface area contributed by atoms with E-state index in [1.54, 1.807) is 28.1 Å². The smallest absolute Gasteiger partial charge is 0.328 e. The summed E-state index contributed by atoms with van der Waals surface area (Å²) < 4.78 is 4.67. The normalized spacial score (nSPS) is 20.6. The van der Waals surface area contributed by atoms with Crippen LogP contribution in [0.25, 0.3) is 0 Å². The van der Waals surface area contributed by atoms with Crippen LogP contribution in [0.5, 0.6) is 0 Å².